The van der Waals surface area contributed by atoms with Crippen LogP contribution in [0.5, 0.6) is 0 Å². The van der Waals surface area contributed by atoms with Crippen molar-refractivity contribution >= 4 is 23.3 Å². The van der Waals surface area contributed by atoms with Crippen LogP contribution in [0, 0.1) is 0 Å². The maximum absolute atomic E-state index is 12.4. The number of ether oxygens (including phenoxy) is 3. The van der Waals surface area contributed by atoms with Gasteiger partial charge in [-0.1, -0.05) is 12.1 Å². The number of esters is 1. The minimum atomic E-state index is -0.917. The van der Waals surface area contributed by atoms with Gasteiger partial charge in [0.05, 0.1) is 25.4 Å². The average Bonchev–Trinajstić information content (AvgIpc) is 2.75. The molecule has 1 fully saturated rings. The molecule has 154 valence electrons. The van der Waals surface area contributed by atoms with E-state index in [-0.39, 0.29) is 5.91 Å². The highest BCUT2D eigenvalue weighted by Gasteiger charge is 2.19. The summed E-state index contributed by atoms with van der Waals surface area (Å²) in [5.41, 5.74) is 3.08. The lowest BCUT2D eigenvalue weighted by molar-refractivity contribution is -0.123. The summed E-state index contributed by atoms with van der Waals surface area (Å²) >= 11 is 0. The van der Waals surface area contributed by atoms with Crippen LogP contribution in [0.25, 0.3) is 0 Å². The zero-order valence-electron chi connectivity index (χ0n) is 16.7. The SMILES string of the molecule is COCc1ccc(C(=O)O[C@@H](C)C(=O)Nc2ccc(N3CCOCC3)cc2)cc1. The molecule has 1 atom stereocenters. The quantitative estimate of drug-likeness (QED) is 0.723. The largest absolute Gasteiger partial charge is 0.449 e. The van der Waals surface area contributed by atoms with Crippen molar-refractivity contribution in [1.82, 2.24) is 0 Å². The molecule has 1 saturated heterocycles. The smallest absolute Gasteiger partial charge is 0.338 e. The van der Waals surface area contributed by atoms with Crippen molar-refractivity contribution in [3.8, 4) is 0 Å². The van der Waals surface area contributed by atoms with E-state index in [1.807, 2.05) is 24.3 Å². The maximum atomic E-state index is 12.4. The Morgan fingerprint density at radius 1 is 1.07 bits per heavy atom. The Morgan fingerprint density at radius 2 is 1.72 bits per heavy atom. The Kier molecular flexibility index (Phi) is 7.21. The molecule has 0 unspecified atom stereocenters. The highest BCUT2D eigenvalue weighted by Crippen LogP contribution is 2.19. The van der Waals surface area contributed by atoms with Crippen LogP contribution in [0.4, 0.5) is 11.4 Å². The van der Waals surface area contributed by atoms with Gasteiger partial charge in [0.25, 0.3) is 5.91 Å². The highest BCUT2D eigenvalue weighted by molar-refractivity contribution is 5.97. The van der Waals surface area contributed by atoms with Crippen molar-refractivity contribution in [2.24, 2.45) is 0 Å². The Hall–Kier alpha value is -2.90. The van der Waals surface area contributed by atoms with E-state index < -0.39 is 12.1 Å². The van der Waals surface area contributed by atoms with Crippen LogP contribution in [0.2, 0.25) is 0 Å². The topological polar surface area (TPSA) is 77.1 Å². The molecule has 1 heterocycles. The first-order valence-electron chi connectivity index (χ1n) is 9.59. The molecule has 1 aliphatic rings. The molecule has 2 aromatic carbocycles. The van der Waals surface area contributed by atoms with Gasteiger partial charge >= 0.3 is 5.97 Å². The van der Waals surface area contributed by atoms with E-state index in [1.165, 1.54) is 0 Å². The number of carbonyl (C=O) groups excluding carboxylic acids is 2. The number of rotatable bonds is 7. The van der Waals surface area contributed by atoms with Gasteiger partial charge in [0.15, 0.2) is 6.10 Å². The first-order valence-corrected chi connectivity index (χ1v) is 9.59. The van der Waals surface area contributed by atoms with Crippen LogP contribution in [0.1, 0.15) is 22.8 Å². The first kappa shape index (κ1) is 20.8. The van der Waals surface area contributed by atoms with Gasteiger partial charge in [-0.3, -0.25) is 4.79 Å². The Bertz CT molecular complexity index is 814. The summed E-state index contributed by atoms with van der Waals surface area (Å²) in [7, 11) is 1.61. The maximum Gasteiger partial charge on any atom is 0.338 e. The lowest BCUT2D eigenvalue weighted by Gasteiger charge is -2.28. The van der Waals surface area contributed by atoms with Crippen LogP contribution in [-0.2, 0) is 25.6 Å². The second kappa shape index (κ2) is 10.0. The van der Waals surface area contributed by atoms with E-state index in [9.17, 15) is 9.59 Å². The van der Waals surface area contributed by atoms with Gasteiger partial charge in [-0.2, -0.15) is 0 Å². The summed E-state index contributed by atoms with van der Waals surface area (Å²) in [5.74, 6) is -0.923. The average molecular weight is 398 g/mol. The van der Waals surface area contributed by atoms with Crippen molar-refractivity contribution in [3.05, 3.63) is 59.7 Å². The molecule has 29 heavy (non-hydrogen) atoms. The molecule has 0 saturated carbocycles. The number of methoxy groups -OCH3 is 1. The standard InChI is InChI=1S/C22H26N2O5/c1-16(29-22(26)18-5-3-17(4-6-18)15-27-2)21(25)23-19-7-9-20(10-8-19)24-11-13-28-14-12-24/h3-10,16H,11-15H2,1-2H3,(H,23,25)/t16-/m0/s1. The summed E-state index contributed by atoms with van der Waals surface area (Å²) in [5, 5.41) is 2.78. The van der Waals surface area contributed by atoms with Crippen molar-refractivity contribution in [1.29, 1.82) is 0 Å². The normalized spacial score (nSPS) is 14.9. The fourth-order valence-corrected chi connectivity index (χ4v) is 3.01. The van der Waals surface area contributed by atoms with Gasteiger partial charge in [-0.15, -0.1) is 0 Å². The fraction of sp³-hybridized carbons (Fsp3) is 0.364. The summed E-state index contributed by atoms with van der Waals surface area (Å²) in [6, 6.07) is 14.5. The summed E-state index contributed by atoms with van der Waals surface area (Å²) in [6.07, 6.45) is -0.917. The molecule has 1 aliphatic heterocycles. The third kappa shape index (κ3) is 5.79. The second-order valence-electron chi connectivity index (χ2n) is 6.81. The molecule has 0 radical (unpaired) electrons. The molecule has 1 N–H and O–H groups in total. The second-order valence-corrected chi connectivity index (χ2v) is 6.81. The number of morpholine rings is 1. The lowest BCUT2D eigenvalue weighted by Crippen LogP contribution is -2.36. The molecular formula is C22H26N2O5. The van der Waals surface area contributed by atoms with Gasteiger partial charge in [0.2, 0.25) is 0 Å². The van der Waals surface area contributed by atoms with Crippen LogP contribution >= 0.6 is 0 Å². The van der Waals surface area contributed by atoms with Gasteiger partial charge in [-0.05, 0) is 48.9 Å². The van der Waals surface area contributed by atoms with Crippen molar-refractivity contribution in [2.75, 3.05) is 43.6 Å². The molecule has 2 aromatic rings. The summed E-state index contributed by atoms with van der Waals surface area (Å²) in [6.45, 7) is 5.16. The third-order valence-electron chi connectivity index (χ3n) is 4.66. The third-order valence-corrected chi connectivity index (χ3v) is 4.66. The van der Waals surface area contributed by atoms with Crippen LogP contribution < -0.4 is 10.2 Å². The number of hydrogen-bond acceptors (Lipinski definition) is 6. The number of amides is 1. The predicted octanol–water partition coefficient (Wildman–Crippen LogP) is 2.85. The minimum absolute atomic E-state index is 0.381. The number of carbonyl (C=O) groups is 2. The zero-order valence-corrected chi connectivity index (χ0v) is 16.7. The van der Waals surface area contributed by atoms with Crippen molar-refractivity contribution in [2.45, 2.75) is 19.6 Å². The van der Waals surface area contributed by atoms with Gasteiger partial charge in [-0.25, -0.2) is 4.79 Å². The van der Waals surface area contributed by atoms with Gasteiger partial charge in [0, 0.05) is 31.6 Å². The Labute approximate surface area is 170 Å². The fourth-order valence-electron chi connectivity index (χ4n) is 3.01. The van der Waals surface area contributed by atoms with Gasteiger partial charge in [0.1, 0.15) is 0 Å². The van der Waals surface area contributed by atoms with Crippen LogP contribution in [-0.4, -0.2) is 51.4 Å². The first-order chi connectivity index (χ1) is 14.1. The number of nitrogens with one attached hydrogen (secondary N) is 1. The van der Waals surface area contributed by atoms with Gasteiger partial charge < -0.3 is 24.4 Å². The number of hydrogen-bond donors (Lipinski definition) is 1. The van der Waals surface area contributed by atoms with E-state index in [0.717, 1.165) is 37.6 Å². The molecule has 0 aromatic heterocycles. The molecule has 0 aliphatic carbocycles. The molecule has 0 bridgehead atoms. The van der Waals surface area contributed by atoms with E-state index in [4.69, 9.17) is 14.2 Å². The van der Waals surface area contributed by atoms with E-state index in [1.54, 1.807) is 38.3 Å². The Balaban J connectivity index is 1.52. The number of benzene rings is 2. The molecular weight excluding hydrogens is 372 g/mol. The van der Waals surface area contributed by atoms with Crippen LogP contribution in [0.15, 0.2) is 48.5 Å². The molecule has 1 amide bonds. The molecule has 7 nitrogen and oxygen atoms in total. The number of nitrogens with zero attached hydrogens (tertiary/aromatic N) is 1. The van der Waals surface area contributed by atoms with E-state index in [2.05, 4.69) is 10.2 Å². The van der Waals surface area contributed by atoms with Crippen LogP contribution in [0.3, 0.4) is 0 Å². The van der Waals surface area contributed by atoms with E-state index in [0.29, 0.717) is 17.9 Å². The minimum Gasteiger partial charge on any atom is -0.449 e. The monoisotopic (exact) mass is 398 g/mol. The van der Waals surface area contributed by atoms with Crippen molar-refractivity contribution in [3.63, 3.8) is 0 Å². The molecule has 0 spiro atoms. The zero-order chi connectivity index (χ0) is 20.6. The molecule has 3 rings (SSSR count). The Morgan fingerprint density at radius 3 is 2.34 bits per heavy atom. The van der Waals surface area contributed by atoms with E-state index >= 15 is 0 Å². The number of anilines is 2. The summed E-state index contributed by atoms with van der Waals surface area (Å²) in [4.78, 5) is 26.9. The predicted molar refractivity (Wildman–Crippen MR) is 110 cm³/mol. The molecule has 7 heteroatoms. The summed E-state index contributed by atoms with van der Waals surface area (Å²) < 4.78 is 15.7. The highest BCUT2D eigenvalue weighted by atomic mass is 16.5. The lowest BCUT2D eigenvalue weighted by atomic mass is 10.1. The van der Waals surface area contributed by atoms with Crippen molar-refractivity contribution < 1.29 is 23.8 Å².